The minimum Gasteiger partial charge on any atom is -0.241 e. The summed E-state index contributed by atoms with van der Waals surface area (Å²) in [4.78, 5) is 3.84. The third-order valence-electron chi connectivity index (χ3n) is 1.89. The second kappa shape index (κ2) is 4.43. The molecule has 1 radical (unpaired) electrons. The smallest absolute Gasteiger partial charge is 0.137 e. The van der Waals surface area contributed by atoms with Gasteiger partial charge in [0.1, 0.15) is 19.2 Å². The van der Waals surface area contributed by atoms with E-state index in [1.54, 1.807) is 11.0 Å². The molecule has 2 aromatic rings. The molecule has 1 heterocycles. The van der Waals surface area contributed by atoms with Gasteiger partial charge in [0.2, 0.25) is 0 Å². The number of rotatable bonds is 1. The van der Waals surface area contributed by atoms with Gasteiger partial charge < -0.3 is 0 Å². The summed E-state index contributed by atoms with van der Waals surface area (Å²) in [7, 11) is 0. The van der Waals surface area contributed by atoms with Crippen molar-refractivity contribution in [2.75, 3.05) is 0 Å². The number of benzene rings is 1. The standard InChI is InChI=1S/C12H10N3/c1-11-4-6-12(7-5-11)3-2-8-15-10-13-9-14-15/h4-7,9-10H,1,8H2. The van der Waals surface area contributed by atoms with Crippen LogP contribution < -0.4 is 0 Å². The van der Waals surface area contributed by atoms with Gasteiger partial charge in [-0.05, 0) is 24.6 Å². The van der Waals surface area contributed by atoms with E-state index in [1.165, 1.54) is 6.33 Å². The normalized spacial score (nSPS) is 9.40. The van der Waals surface area contributed by atoms with E-state index in [4.69, 9.17) is 0 Å². The summed E-state index contributed by atoms with van der Waals surface area (Å²) >= 11 is 0. The predicted molar refractivity (Wildman–Crippen MR) is 57.8 cm³/mol. The van der Waals surface area contributed by atoms with E-state index in [1.807, 2.05) is 24.3 Å². The van der Waals surface area contributed by atoms with E-state index in [0.717, 1.165) is 11.1 Å². The summed E-state index contributed by atoms with van der Waals surface area (Å²) in [6.45, 7) is 4.37. The van der Waals surface area contributed by atoms with Crippen LogP contribution in [0.3, 0.4) is 0 Å². The van der Waals surface area contributed by atoms with Crippen LogP contribution >= 0.6 is 0 Å². The first kappa shape index (κ1) is 9.47. The minimum absolute atomic E-state index is 0.562. The van der Waals surface area contributed by atoms with E-state index in [9.17, 15) is 0 Å². The molecule has 3 heteroatoms. The van der Waals surface area contributed by atoms with Crippen molar-refractivity contribution in [1.82, 2.24) is 14.8 Å². The molecular weight excluding hydrogens is 186 g/mol. The molecule has 2 rings (SSSR count). The van der Waals surface area contributed by atoms with Gasteiger partial charge in [0, 0.05) is 5.56 Å². The quantitative estimate of drug-likeness (QED) is 0.647. The van der Waals surface area contributed by atoms with Crippen LogP contribution in [0.4, 0.5) is 0 Å². The van der Waals surface area contributed by atoms with Gasteiger partial charge in [-0.3, -0.25) is 0 Å². The zero-order valence-corrected chi connectivity index (χ0v) is 8.22. The minimum atomic E-state index is 0.562. The topological polar surface area (TPSA) is 30.7 Å². The average molecular weight is 196 g/mol. The second-order valence-electron chi connectivity index (χ2n) is 3.09. The fraction of sp³-hybridized carbons (Fsp3) is 0.0833. The average Bonchev–Trinajstić information content (AvgIpc) is 2.74. The molecule has 0 bridgehead atoms. The first-order valence-electron chi connectivity index (χ1n) is 4.58. The van der Waals surface area contributed by atoms with E-state index in [2.05, 4.69) is 28.8 Å². The van der Waals surface area contributed by atoms with E-state index < -0.39 is 0 Å². The Morgan fingerprint density at radius 1 is 1.27 bits per heavy atom. The van der Waals surface area contributed by atoms with Crippen molar-refractivity contribution in [3.8, 4) is 11.8 Å². The third-order valence-corrected chi connectivity index (χ3v) is 1.89. The summed E-state index contributed by atoms with van der Waals surface area (Å²) in [6.07, 6.45) is 3.15. The van der Waals surface area contributed by atoms with E-state index in [-0.39, 0.29) is 0 Å². The van der Waals surface area contributed by atoms with Gasteiger partial charge in [-0.15, -0.1) is 0 Å². The summed E-state index contributed by atoms with van der Waals surface area (Å²) < 4.78 is 1.68. The fourth-order valence-electron chi connectivity index (χ4n) is 1.13. The van der Waals surface area contributed by atoms with Crippen molar-refractivity contribution in [3.63, 3.8) is 0 Å². The SMILES string of the molecule is [CH2]c1ccc(C#CCn2cncn2)cc1. The molecule has 0 fully saturated rings. The van der Waals surface area contributed by atoms with Crippen LogP contribution in [0, 0.1) is 18.8 Å². The van der Waals surface area contributed by atoms with Gasteiger partial charge in [0.25, 0.3) is 0 Å². The highest BCUT2D eigenvalue weighted by atomic mass is 15.3. The predicted octanol–water partition coefficient (Wildman–Crippen LogP) is 1.51. The molecule has 1 aromatic carbocycles. The molecule has 15 heavy (non-hydrogen) atoms. The van der Waals surface area contributed by atoms with Crippen molar-refractivity contribution in [1.29, 1.82) is 0 Å². The van der Waals surface area contributed by atoms with E-state index >= 15 is 0 Å². The Kier molecular flexibility index (Phi) is 2.80. The Morgan fingerprint density at radius 2 is 2.07 bits per heavy atom. The lowest BCUT2D eigenvalue weighted by molar-refractivity contribution is 0.713. The van der Waals surface area contributed by atoms with Crippen LogP contribution in [0.25, 0.3) is 0 Å². The molecule has 0 aliphatic rings. The number of nitrogens with zero attached hydrogens (tertiary/aromatic N) is 3. The third kappa shape index (κ3) is 2.68. The maximum Gasteiger partial charge on any atom is 0.137 e. The highest BCUT2D eigenvalue weighted by molar-refractivity contribution is 5.36. The molecule has 0 saturated heterocycles. The van der Waals surface area contributed by atoms with Gasteiger partial charge in [0.15, 0.2) is 0 Å². The fourth-order valence-corrected chi connectivity index (χ4v) is 1.13. The second-order valence-corrected chi connectivity index (χ2v) is 3.09. The monoisotopic (exact) mass is 196 g/mol. The molecule has 0 N–H and O–H groups in total. The zero-order chi connectivity index (χ0) is 10.5. The molecule has 0 aliphatic carbocycles. The van der Waals surface area contributed by atoms with Crippen LogP contribution in [0.15, 0.2) is 36.9 Å². The molecule has 1 aromatic heterocycles. The van der Waals surface area contributed by atoms with Crippen molar-refractivity contribution >= 4 is 0 Å². The maximum atomic E-state index is 3.95. The molecule has 73 valence electrons. The lowest BCUT2D eigenvalue weighted by atomic mass is 10.2. The molecule has 0 atom stereocenters. The molecule has 3 nitrogen and oxygen atoms in total. The van der Waals surface area contributed by atoms with Gasteiger partial charge in [-0.25, -0.2) is 9.67 Å². The zero-order valence-electron chi connectivity index (χ0n) is 8.22. The van der Waals surface area contributed by atoms with Crippen LogP contribution in [0.2, 0.25) is 0 Å². The number of hydrogen-bond acceptors (Lipinski definition) is 2. The van der Waals surface area contributed by atoms with Crippen molar-refractivity contribution in [2.24, 2.45) is 0 Å². The molecule has 0 saturated carbocycles. The Labute approximate surface area is 88.8 Å². The van der Waals surface area contributed by atoms with Gasteiger partial charge in [-0.1, -0.05) is 24.0 Å². The van der Waals surface area contributed by atoms with Crippen molar-refractivity contribution in [2.45, 2.75) is 6.54 Å². The Bertz CT molecular complexity index is 472. The summed E-state index contributed by atoms with van der Waals surface area (Å²) in [5.74, 6) is 6.06. The Hall–Kier alpha value is -2.08. The first-order chi connectivity index (χ1) is 7.34. The molecule has 0 spiro atoms. The lowest BCUT2D eigenvalue weighted by Crippen LogP contribution is -1.94. The number of aromatic nitrogens is 3. The largest absolute Gasteiger partial charge is 0.241 e. The van der Waals surface area contributed by atoms with Crippen LogP contribution in [-0.4, -0.2) is 14.8 Å². The van der Waals surface area contributed by atoms with Gasteiger partial charge in [-0.2, -0.15) is 5.10 Å². The van der Waals surface area contributed by atoms with Gasteiger partial charge >= 0.3 is 0 Å². The summed E-state index contributed by atoms with van der Waals surface area (Å²) in [5, 5.41) is 3.95. The Balaban J connectivity index is 2.03. The van der Waals surface area contributed by atoms with Crippen LogP contribution in [0.1, 0.15) is 11.1 Å². The molecule has 0 unspecified atom stereocenters. The van der Waals surface area contributed by atoms with Gasteiger partial charge in [0.05, 0.1) is 0 Å². The summed E-state index contributed by atoms with van der Waals surface area (Å²) in [6, 6.07) is 7.80. The lowest BCUT2D eigenvalue weighted by Gasteiger charge is -1.92. The van der Waals surface area contributed by atoms with Crippen molar-refractivity contribution < 1.29 is 0 Å². The first-order valence-corrected chi connectivity index (χ1v) is 4.58. The van der Waals surface area contributed by atoms with E-state index in [0.29, 0.717) is 6.54 Å². The maximum absolute atomic E-state index is 3.95. The molecule has 0 amide bonds. The number of hydrogen-bond donors (Lipinski definition) is 0. The van der Waals surface area contributed by atoms with Crippen LogP contribution in [-0.2, 0) is 6.54 Å². The molecular formula is C12H10N3. The molecule has 0 aliphatic heterocycles. The highest BCUT2D eigenvalue weighted by Crippen LogP contribution is 2.00. The Morgan fingerprint density at radius 3 is 2.73 bits per heavy atom. The highest BCUT2D eigenvalue weighted by Gasteiger charge is 1.87. The summed E-state index contributed by atoms with van der Waals surface area (Å²) in [5.41, 5.74) is 1.99. The van der Waals surface area contributed by atoms with Crippen LogP contribution in [0.5, 0.6) is 0 Å². The van der Waals surface area contributed by atoms with Crippen molar-refractivity contribution in [3.05, 3.63) is 55.0 Å².